The number of fused-ring (bicyclic) bond motifs is 1. The van der Waals surface area contributed by atoms with Gasteiger partial charge in [0.1, 0.15) is 11.4 Å². The molecule has 5 nitrogen and oxygen atoms in total. The van der Waals surface area contributed by atoms with Crippen LogP contribution in [0.5, 0.6) is 11.6 Å². The van der Waals surface area contributed by atoms with Crippen LogP contribution in [0.25, 0.3) is 10.9 Å². The van der Waals surface area contributed by atoms with E-state index in [1.54, 1.807) is 30.3 Å². The minimum Gasteiger partial charge on any atom is -0.439 e. The molecule has 162 valence electrons. The number of alkyl halides is 4. The van der Waals surface area contributed by atoms with Crippen molar-refractivity contribution < 1.29 is 27.1 Å². The molecule has 1 amide bonds. The van der Waals surface area contributed by atoms with Crippen LogP contribution in [0.4, 0.5) is 17.6 Å². The topological polar surface area (TPSA) is 64.1 Å². The second kappa shape index (κ2) is 8.49. The molecule has 4 rings (SSSR count). The summed E-state index contributed by atoms with van der Waals surface area (Å²) < 4.78 is 57.3. The van der Waals surface area contributed by atoms with Crippen molar-refractivity contribution in [1.29, 1.82) is 0 Å². The molecule has 1 aliphatic carbocycles. The molecule has 3 aromatic rings. The van der Waals surface area contributed by atoms with Gasteiger partial charge in [-0.1, -0.05) is 6.07 Å². The van der Waals surface area contributed by atoms with Crippen LogP contribution in [-0.2, 0) is 0 Å². The standard InChI is InChI=1S/C22H19F4N3O2/c23-20(24)14-2-6-19(27-12-14)31-16-3-5-17-13(11-16)1-4-18(29-17)21(30)28-15-7-9-22(25,26)10-8-15/h1-6,11-12,15,20H,7-10H2,(H,28,30). The Balaban J connectivity index is 1.43. The number of rotatable bonds is 5. The maximum Gasteiger partial charge on any atom is 0.270 e. The Morgan fingerprint density at radius 1 is 1.10 bits per heavy atom. The molecule has 0 saturated heterocycles. The summed E-state index contributed by atoms with van der Waals surface area (Å²) in [5.41, 5.74) is 0.557. The molecule has 1 aromatic carbocycles. The van der Waals surface area contributed by atoms with Crippen molar-refractivity contribution >= 4 is 16.8 Å². The number of carbonyl (C=O) groups is 1. The number of benzene rings is 1. The number of nitrogens with zero attached hydrogens (tertiary/aromatic N) is 2. The summed E-state index contributed by atoms with van der Waals surface area (Å²) in [6.07, 6.45) is -1.53. The van der Waals surface area contributed by atoms with Crippen LogP contribution >= 0.6 is 0 Å². The lowest BCUT2D eigenvalue weighted by Crippen LogP contribution is -2.40. The number of nitrogens with one attached hydrogen (secondary N) is 1. The van der Waals surface area contributed by atoms with Gasteiger partial charge in [0.05, 0.1) is 5.52 Å². The molecule has 0 unspecified atom stereocenters. The number of hydrogen-bond acceptors (Lipinski definition) is 4. The summed E-state index contributed by atoms with van der Waals surface area (Å²) in [6.45, 7) is 0. The first-order valence-electron chi connectivity index (χ1n) is 9.80. The van der Waals surface area contributed by atoms with Gasteiger partial charge in [0.25, 0.3) is 12.3 Å². The van der Waals surface area contributed by atoms with Gasteiger partial charge in [-0.05, 0) is 43.2 Å². The van der Waals surface area contributed by atoms with E-state index < -0.39 is 18.3 Å². The summed E-state index contributed by atoms with van der Waals surface area (Å²) in [6, 6.07) is 10.5. The van der Waals surface area contributed by atoms with Crippen molar-refractivity contribution in [3.05, 3.63) is 59.9 Å². The van der Waals surface area contributed by atoms with Crippen LogP contribution in [-0.4, -0.2) is 27.8 Å². The average Bonchev–Trinajstić information content (AvgIpc) is 2.75. The van der Waals surface area contributed by atoms with Crippen LogP contribution in [0.1, 0.15) is 48.2 Å². The Labute approximate surface area is 175 Å². The first-order valence-corrected chi connectivity index (χ1v) is 9.80. The highest BCUT2D eigenvalue weighted by Crippen LogP contribution is 2.33. The molecule has 0 bridgehead atoms. The van der Waals surface area contributed by atoms with Crippen LogP contribution < -0.4 is 10.1 Å². The lowest BCUT2D eigenvalue weighted by Gasteiger charge is -2.28. The maximum absolute atomic E-state index is 13.3. The van der Waals surface area contributed by atoms with Gasteiger partial charge in [0.15, 0.2) is 0 Å². The molecule has 9 heteroatoms. The number of pyridine rings is 2. The average molecular weight is 433 g/mol. The van der Waals surface area contributed by atoms with Gasteiger partial charge in [-0.15, -0.1) is 0 Å². The molecule has 31 heavy (non-hydrogen) atoms. The molecule has 1 saturated carbocycles. The van der Waals surface area contributed by atoms with Crippen molar-refractivity contribution in [2.24, 2.45) is 0 Å². The summed E-state index contributed by atoms with van der Waals surface area (Å²) in [4.78, 5) is 20.6. The number of amides is 1. The second-order valence-electron chi connectivity index (χ2n) is 7.49. The van der Waals surface area contributed by atoms with E-state index in [9.17, 15) is 22.4 Å². The fourth-order valence-corrected chi connectivity index (χ4v) is 3.44. The zero-order valence-electron chi connectivity index (χ0n) is 16.3. The van der Waals surface area contributed by atoms with Crippen LogP contribution in [0.15, 0.2) is 48.7 Å². The highest BCUT2D eigenvalue weighted by Gasteiger charge is 2.35. The number of carbonyl (C=O) groups excluding carboxylic acids is 1. The van der Waals surface area contributed by atoms with E-state index in [0.29, 0.717) is 16.7 Å². The van der Waals surface area contributed by atoms with Crippen molar-refractivity contribution in [3.8, 4) is 11.6 Å². The predicted molar refractivity (Wildman–Crippen MR) is 106 cm³/mol. The molecule has 1 fully saturated rings. The maximum atomic E-state index is 13.3. The third kappa shape index (κ3) is 5.10. The summed E-state index contributed by atoms with van der Waals surface area (Å²) in [5.74, 6) is -2.44. The molecule has 2 aromatic heterocycles. The molecular formula is C22H19F4N3O2. The number of hydrogen-bond donors (Lipinski definition) is 1. The fraction of sp³-hybridized carbons (Fsp3) is 0.318. The van der Waals surface area contributed by atoms with E-state index in [1.165, 1.54) is 12.1 Å². The minimum absolute atomic E-state index is 0.172. The van der Waals surface area contributed by atoms with E-state index in [2.05, 4.69) is 15.3 Å². The van der Waals surface area contributed by atoms with E-state index >= 15 is 0 Å². The number of aromatic nitrogens is 2. The quantitative estimate of drug-likeness (QED) is 0.527. The first kappa shape index (κ1) is 21.0. The Morgan fingerprint density at radius 2 is 1.87 bits per heavy atom. The van der Waals surface area contributed by atoms with Crippen molar-refractivity contribution in [1.82, 2.24) is 15.3 Å². The normalized spacial score (nSPS) is 16.4. The van der Waals surface area contributed by atoms with Gasteiger partial charge >= 0.3 is 0 Å². The summed E-state index contributed by atoms with van der Waals surface area (Å²) >= 11 is 0. The molecular weight excluding hydrogens is 414 g/mol. The zero-order valence-corrected chi connectivity index (χ0v) is 16.3. The third-order valence-electron chi connectivity index (χ3n) is 5.18. The molecule has 0 aliphatic heterocycles. The first-order chi connectivity index (χ1) is 14.8. The molecule has 0 atom stereocenters. The zero-order chi connectivity index (χ0) is 22.0. The van der Waals surface area contributed by atoms with Gasteiger partial charge in [0.2, 0.25) is 11.8 Å². The lowest BCUT2D eigenvalue weighted by molar-refractivity contribution is -0.0399. The van der Waals surface area contributed by atoms with Gasteiger partial charge in [-0.3, -0.25) is 4.79 Å². The van der Waals surface area contributed by atoms with Crippen molar-refractivity contribution in [2.75, 3.05) is 0 Å². The van der Waals surface area contributed by atoms with E-state index in [-0.39, 0.29) is 48.9 Å². The monoisotopic (exact) mass is 433 g/mol. The highest BCUT2D eigenvalue weighted by atomic mass is 19.3. The van der Waals surface area contributed by atoms with E-state index in [4.69, 9.17) is 4.74 Å². The molecule has 0 spiro atoms. The second-order valence-corrected chi connectivity index (χ2v) is 7.49. The lowest BCUT2D eigenvalue weighted by atomic mass is 9.92. The minimum atomic E-state index is -2.65. The van der Waals surface area contributed by atoms with Gasteiger partial charge in [-0.25, -0.2) is 27.5 Å². The SMILES string of the molecule is O=C(NC1CCC(F)(F)CC1)c1ccc2cc(Oc3ccc(C(F)F)cn3)ccc2n1. The molecule has 1 N–H and O–H groups in total. The Morgan fingerprint density at radius 3 is 2.55 bits per heavy atom. The Hall–Kier alpha value is -3.23. The number of halogens is 4. The predicted octanol–water partition coefficient (Wildman–Crippen LogP) is 5.67. The molecule has 1 aliphatic rings. The van der Waals surface area contributed by atoms with Crippen LogP contribution in [0.2, 0.25) is 0 Å². The van der Waals surface area contributed by atoms with Crippen LogP contribution in [0, 0.1) is 0 Å². The summed E-state index contributed by atoms with van der Waals surface area (Å²) in [7, 11) is 0. The van der Waals surface area contributed by atoms with Gasteiger partial charge < -0.3 is 10.1 Å². The molecule has 0 radical (unpaired) electrons. The third-order valence-corrected chi connectivity index (χ3v) is 5.18. The van der Waals surface area contributed by atoms with Crippen LogP contribution in [0.3, 0.4) is 0 Å². The summed E-state index contributed by atoms with van der Waals surface area (Å²) in [5, 5.41) is 3.48. The number of ether oxygens (including phenoxy) is 1. The van der Waals surface area contributed by atoms with Gasteiger partial charge in [0, 0.05) is 42.1 Å². The Kier molecular flexibility index (Phi) is 5.75. The fourth-order valence-electron chi connectivity index (χ4n) is 3.44. The van der Waals surface area contributed by atoms with E-state index in [0.717, 1.165) is 6.20 Å². The van der Waals surface area contributed by atoms with Crippen molar-refractivity contribution in [3.63, 3.8) is 0 Å². The van der Waals surface area contributed by atoms with Gasteiger partial charge in [-0.2, -0.15) is 0 Å². The van der Waals surface area contributed by atoms with Crippen molar-refractivity contribution in [2.45, 2.75) is 44.1 Å². The highest BCUT2D eigenvalue weighted by molar-refractivity contribution is 5.95. The smallest absolute Gasteiger partial charge is 0.270 e. The Bertz CT molecular complexity index is 1080. The van der Waals surface area contributed by atoms with E-state index in [1.807, 2.05) is 0 Å². The largest absolute Gasteiger partial charge is 0.439 e. The molecule has 2 heterocycles.